The highest BCUT2D eigenvalue weighted by molar-refractivity contribution is 6.31. The SMILES string of the molecule is COc1cc(Cl)c(C)cc1NC(=O)C(C#N)=Cc1cccc(F)c1F. The van der Waals surface area contributed by atoms with Crippen LogP contribution in [0.4, 0.5) is 14.5 Å². The standard InChI is InChI=1S/C18H13ClF2N2O2/c1-10-6-15(16(25-2)8-13(10)19)23-18(24)12(9-22)7-11-4-3-5-14(20)17(11)21/h3-8H,1-2H3,(H,23,24). The maximum absolute atomic E-state index is 13.7. The van der Waals surface area contributed by atoms with Crippen LogP contribution in [0.15, 0.2) is 35.9 Å². The van der Waals surface area contributed by atoms with E-state index in [0.717, 1.165) is 12.1 Å². The summed E-state index contributed by atoms with van der Waals surface area (Å²) in [6.45, 7) is 1.74. The number of anilines is 1. The minimum atomic E-state index is -1.14. The first-order chi connectivity index (χ1) is 11.9. The van der Waals surface area contributed by atoms with Crippen molar-refractivity contribution in [2.24, 2.45) is 0 Å². The summed E-state index contributed by atoms with van der Waals surface area (Å²) in [5, 5.41) is 12.1. The van der Waals surface area contributed by atoms with Crippen molar-refractivity contribution < 1.29 is 18.3 Å². The van der Waals surface area contributed by atoms with E-state index in [1.54, 1.807) is 19.1 Å². The highest BCUT2D eigenvalue weighted by Gasteiger charge is 2.15. The number of halogens is 3. The van der Waals surface area contributed by atoms with E-state index in [-0.39, 0.29) is 11.1 Å². The monoisotopic (exact) mass is 362 g/mol. The summed E-state index contributed by atoms with van der Waals surface area (Å²) in [5.41, 5.74) is 0.400. The van der Waals surface area contributed by atoms with Gasteiger partial charge in [-0.2, -0.15) is 5.26 Å². The van der Waals surface area contributed by atoms with Crippen LogP contribution < -0.4 is 10.1 Å². The molecule has 25 heavy (non-hydrogen) atoms. The molecule has 2 rings (SSSR count). The quantitative estimate of drug-likeness (QED) is 0.644. The number of methoxy groups -OCH3 is 1. The average Bonchev–Trinajstić information content (AvgIpc) is 2.59. The molecule has 0 bridgehead atoms. The molecule has 1 amide bonds. The molecule has 0 saturated carbocycles. The van der Waals surface area contributed by atoms with Gasteiger partial charge in [0.1, 0.15) is 17.4 Å². The number of hydrogen-bond donors (Lipinski definition) is 1. The van der Waals surface area contributed by atoms with Gasteiger partial charge >= 0.3 is 0 Å². The fourth-order valence-electron chi connectivity index (χ4n) is 2.06. The summed E-state index contributed by atoms with van der Waals surface area (Å²) in [7, 11) is 1.40. The Bertz CT molecular complexity index is 905. The highest BCUT2D eigenvalue weighted by atomic mass is 35.5. The van der Waals surface area contributed by atoms with E-state index in [1.807, 2.05) is 0 Å². The van der Waals surface area contributed by atoms with Gasteiger partial charge in [-0.15, -0.1) is 0 Å². The number of nitriles is 1. The van der Waals surface area contributed by atoms with Gasteiger partial charge in [0.25, 0.3) is 5.91 Å². The Kier molecular flexibility index (Phi) is 5.73. The van der Waals surface area contributed by atoms with E-state index < -0.39 is 17.5 Å². The van der Waals surface area contributed by atoms with Gasteiger partial charge in [0, 0.05) is 16.7 Å². The van der Waals surface area contributed by atoms with Crippen LogP contribution in [0.1, 0.15) is 11.1 Å². The number of hydrogen-bond acceptors (Lipinski definition) is 3. The zero-order valence-electron chi connectivity index (χ0n) is 13.4. The Hall–Kier alpha value is -2.91. The summed E-state index contributed by atoms with van der Waals surface area (Å²) in [6.07, 6.45) is 0.975. The van der Waals surface area contributed by atoms with Crippen LogP contribution in [0.25, 0.3) is 6.08 Å². The molecule has 2 aromatic rings. The van der Waals surface area contributed by atoms with Crippen LogP contribution in [0.2, 0.25) is 5.02 Å². The van der Waals surface area contributed by atoms with Crippen molar-refractivity contribution in [2.75, 3.05) is 12.4 Å². The van der Waals surface area contributed by atoms with E-state index >= 15 is 0 Å². The predicted octanol–water partition coefficient (Wildman–Crippen LogP) is 4.48. The fraction of sp³-hybridized carbons (Fsp3) is 0.111. The van der Waals surface area contributed by atoms with Crippen molar-refractivity contribution in [3.05, 3.63) is 63.7 Å². The Morgan fingerprint density at radius 3 is 2.72 bits per heavy atom. The van der Waals surface area contributed by atoms with Gasteiger partial charge in [0.05, 0.1) is 12.8 Å². The number of aryl methyl sites for hydroxylation is 1. The zero-order chi connectivity index (χ0) is 18.6. The Morgan fingerprint density at radius 2 is 2.08 bits per heavy atom. The topological polar surface area (TPSA) is 62.1 Å². The number of nitrogens with one attached hydrogen (secondary N) is 1. The maximum atomic E-state index is 13.7. The Morgan fingerprint density at radius 1 is 1.36 bits per heavy atom. The molecule has 0 aromatic heterocycles. The fourth-order valence-corrected chi connectivity index (χ4v) is 2.21. The molecule has 0 radical (unpaired) electrons. The number of carbonyl (C=O) groups excluding carboxylic acids is 1. The van der Waals surface area contributed by atoms with Gasteiger partial charge in [0.15, 0.2) is 11.6 Å². The van der Waals surface area contributed by atoms with Crippen LogP contribution >= 0.6 is 11.6 Å². The first kappa shape index (κ1) is 18.4. The van der Waals surface area contributed by atoms with Gasteiger partial charge in [0.2, 0.25) is 0 Å². The van der Waals surface area contributed by atoms with E-state index in [9.17, 15) is 18.8 Å². The second-order valence-electron chi connectivity index (χ2n) is 5.07. The van der Waals surface area contributed by atoms with Crippen molar-refractivity contribution in [3.8, 4) is 11.8 Å². The van der Waals surface area contributed by atoms with Crippen molar-refractivity contribution in [1.29, 1.82) is 5.26 Å². The van der Waals surface area contributed by atoms with Gasteiger partial charge in [-0.3, -0.25) is 4.79 Å². The summed E-state index contributed by atoms with van der Waals surface area (Å²) >= 11 is 6.00. The number of nitrogens with zero attached hydrogens (tertiary/aromatic N) is 1. The van der Waals surface area contributed by atoms with Gasteiger partial charge < -0.3 is 10.1 Å². The molecule has 7 heteroatoms. The minimum absolute atomic E-state index is 0.203. The van der Waals surface area contributed by atoms with Gasteiger partial charge in [-0.05, 0) is 30.7 Å². The maximum Gasteiger partial charge on any atom is 0.266 e. The Labute approximate surface area is 148 Å². The molecule has 4 nitrogen and oxygen atoms in total. The molecule has 0 spiro atoms. The molecule has 0 atom stereocenters. The predicted molar refractivity (Wildman–Crippen MR) is 91.3 cm³/mol. The number of carbonyl (C=O) groups is 1. The largest absolute Gasteiger partial charge is 0.495 e. The second-order valence-corrected chi connectivity index (χ2v) is 5.48. The molecule has 128 valence electrons. The molecule has 0 aliphatic carbocycles. The third-order valence-corrected chi connectivity index (χ3v) is 3.78. The summed E-state index contributed by atoms with van der Waals surface area (Å²) in [5.74, 6) is -2.69. The molecular formula is C18H13ClF2N2O2. The van der Waals surface area contributed by atoms with Crippen LogP contribution in [0.5, 0.6) is 5.75 Å². The average molecular weight is 363 g/mol. The van der Waals surface area contributed by atoms with Crippen LogP contribution in [0.3, 0.4) is 0 Å². The first-order valence-corrected chi connectivity index (χ1v) is 7.46. The smallest absolute Gasteiger partial charge is 0.266 e. The zero-order valence-corrected chi connectivity index (χ0v) is 14.1. The molecule has 0 fully saturated rings. The number of amides is 1. The summed E-state index contributed by atoms with van der Waals surface area (Å²) in [6, 6.07) is 8.26. The van der Waals surface area contributed by atoms with E-state index in [4.69, 9.17) is 16.3 Å². The van der Waals surface area contributed by atoms with Crippen LogP contribution in [-0.2, 0) is 4.79 Å². The lowest BCUT2D eigenvalue weighted by molar-refractivity contribution is -0.112. The van der Waals surface area contributed by atoms with E-state index in [1.165, 1.54) is 25.3 Å². The lowest BCUT2D eigenvalue weighted by atomic mass is 10.1. The van der Waals surface area contributed by atoms with Crippen molar-refractivity contribution in [2.45, 2.75) is 6.92 Å². The molecule has 0 aliphatic heterocycles. The molecule has 0 heterocycles. The molecule has 0 aliphatic rings. The van der Waals surface area contributed by atoms with Crippen molar-refractivity contribution in [1.82, 2.24) is 0 Å². The third-order valence-electron chi connectivity index (χ3n) is 3.38. The summed E-state index contributed by atoms with van der Waals surface area (Å²) in [4.78, 5) is 12.3. The molecule has 1 N–H and O–H groups in total. The van der Waals surface area contributed by atoms with Gasteiger partial charge in [-0.1, -0.05) is 23.7 Å². The lowest BCUT2D eigenvalue weighted by Crippen LogP contribution is -2.14. The number of benzene rings is 2. The summed E-state index contributed by atoms with van der Waals surface area (Å²) < 4.78 is 32.1. The highest BCUT2D eigenvalue weighted by Crippen LogP contribution is 2.31. The van der Waals surface area contributed by atoms with Crippen molar-refractivity contribution >= 4 is 29.3 Å². The lowest BCUT2D eigenvalue weighted by Gasteiger charge is -2.12. The molecular weight excluding hydrogens is 350 g/mol. The van der Waals surface area contributed by atoms with Crippen LogP contribution in [0, 0.1) is 29.9 Å². The van der Waals surface area contributed by atoms with Gasteiger partial charge in [-0.25, -0.2) is 8.78 Å². The molecule has 2 aromatic carbocycles. The van der Waals surface area contributed by atoms with E-state index in [0.29, 0.717) is 22.0 Å². The molecule has 0 saturated heterocycles. The van der Waals surface area contributed by atoms with E-state index in [2.05, 4.69) is 5.32 Å². The Balaban J connectivity index is 2.36. The first-order valence-electron chi connectivity index (χ1n) is 7.08. The minimum Gasteiger partial charge on any atom is -0.495 e. The normalized spacial score (nSPS) is 11.0. The third kappa shape index (κ3) is 4.14. The number of ether oxygens (including phenoxy) is 1. The number of rotatable bonds is 4. The van der Waals surface area contributed by atoms with Crippen LogP contribution in [-0.4, -0.2) is 13.0 Å². The molecule has 0 unspecified atom stereocenters. The van der Waals surface area contributed by atoms with Crippen molar-refractivity contribution in [3.63, 3.8) is 0 Å². The second kappa shape index (κ2) is 7.77.